The summed E-state index contributed by atoms with van der Waals surface area (Å²) in [6.45, 7) is 3.37. The van der Waals surface area contributed by atoms with Crippen LogP contribution < -0.4 is 0 Å². The second-order valence-electron chi connectivity index (χ2n) is 4.08. The van der Waals surface area contributed by atoms with E-state index in [4.69, 9.17) is 0 Å². The van der Waals surface area contributed by atoms with Crippen molar-refractivity contribution in [3.63, 3.8) is 0 Å². The van der Waals surface area contributed by atoms with Crippen LogP contribution in [0.3, 0.4) is 0 Å². The van der Waals surface area contributed by atoms with Crippen molar-refractivity contribution in [3.05, 3.63) is 40.6 Å². The van der Waals surface area contributed by atoms with Gasteiger partial charge in [-0.15, -0.1) is 5.10 Å². The third-order valence-corrected chi connectivity index (χ3v) is 2.74. The predicted octanol–water partition coefficient (Wildman–Crippen LogP) is 2.26. The zero-order valence-electron chi connectivity index (χ0n) is 9.05. The summed E-state index contributed by atoms with van der Waals surface area (Å²) in [6, 6.07) is 7.71. The van der Waals surface area contributed by atoms with Crippen LogP contribution in [0.25, 0.3) is 5.69 Å². The van der Waals surface area contributed by atoms with Gasteiger partial charge in [-0.05, 0) is 38.1 Å². The lowest BCUT2D eigenvalue weighted by Crippen LogP contribution is -2.15. The molecule has 1 aromatic heterocycles. The van der Waals surface area contributed by atoms with Gasteiger partial charge in [-0.2, -0.15) is 0 Å². The summed E-state index contributed by atoms with van der Waals surface area (Å²) in [5.74, 6) is 0. The van der Waals surface area contributed by atoms with E-state index in [0.717, 1.165) is 10.2 Å². The van der Waals surface area contributed by atoms with Gasteiger partial charge in [0, 0.05) is 4.47 Å². The Kier molecular flexibility index (Phi) is 2.82. The van der Waals surface area contributed by atoms with Crippen molar-refractivity contribution in [2.75, 3.05) is 0 Å². The molecule has 5 heteroatoms. The Morgan fingerprint density at radius 1 is 1.25 bits per heavy atom. The van der Waals surface area contributed by atoms with Gasteiger partial charge in [0.05, 0.1) is 11.9 Å². The van der Waals surface area contributed by atoms with E-state index in [1.165, 1.54) is 0 Å². The summed E-state index contributed by atoms with van der Waals surface area (Å²) in [7, 11) is 0. The van der Waals surface area contributed by atoms with Crippen LogP contribution in [0, 0.1) is 0 Å². The van der Waals surface area contributed by atoms with Gasteiger partial charge in [-0.1, -0.05) is 21.1 Å². The second kappa shape index (κ2) is 3.99. The number of benzene rings is 1. The maximum absolute atomic E-state index is 9.77. The topological polar surface area (TPSA) is 50.9 Å². The minimum Gasteiger partial charge on any atom is -0.384 e. The zero-order valence-corrected chi connectivity index (χ0v) is 10.6. The Balaban J connectivity index is 2.35. The number of aromatic nitrogens is 3. The quantitative estimate of drug-likeness (QED) is 0.919. The molecule has 1 N–H and O–H groups in total. The summed E-state index contributed by atoms with van der Waals surface area (Å²) in [4.78, 5) is 0. The molecule has 0 fully saturated rings. The van der Waals surface area contributed by atoms with Crippen LogP contribution >= 0.6 is 15.9 Å². The lowest BCUT2D eigenvalue weighted by molar-refractivity contribution is 0.0737. The number of halogens is 1. The Bertz CT molecular complexity index is 485. The van der Waals surface area contributed by atoms with E-state index in [0.29, 0.717) is 5.69 Å². The molecule has 0 bridgehead atoms. The van der Waals surface area contributed by atoms with Crippen molar-refractivity contribution in [1.29, 1.82) is 0 Å². The van der Waals surface area contributed by atoms with Crippen molar-refractivity contribution in [2.45, 2.75) is 19.4 Å². The molecule has 16 heavy (non-hydrogen) atoms. The first kappa shape index (κ1) is 11.3. The van der Waals surface area contributed by atoms with Crippen molar-refractivity contribution in [3.8, 4) is 5.69 Å². The third-order valence-electron chi connectivity index (χ3n) is 2.21. The maximum Gasteiger partial charge on any atom is 0.114 e. The molecule has 0 saturated heterocycles. The molecule has 0 aliphatic heterocycles. The maximum atomic E-state index is 9.77. The van der Waals surface area contributed by atoms with Crippen molar-refractivity contribution >= 4 is 15.9 Å². The molecule has 2 aromatic rings. The number of nitrogens with zero attached hydrogens (tertiary/aromatic N) is 3. The number of aliphatic hydroxyl groups is 1. The molecule has 0 saturated carbocycles. The smallest absolute Gasteiger partial charge is 0.114 e. The Hall–Kier alpha value is -1.20. The standard InChI is InChI=1S/C11H12BrN3O/c1-11(2,16)10-7-15(14-13-10)9-5-3-8(12)4-6-9/h3-7,16H,1-2H3. The molecule has 2 rings (SSSR count). The first-order valence-corrected chi connectivity index (χ1v) is 5.67. The highest BCUT2D eigenvalue weighted by atomic mass is 79.9. The normalized spacial score (nSPS) is 11.8. The molecule has 1 heterocycles. The fourth-order valence-corrected chi connectivity index (χ4v) is 1.53. The van der Waals surface area contributed by atoms with Crippen LogP contribution in [0.15, 0.2) is 34.9 Å². The third kappa shape index (κ3) is 2.31. The minimum atomic E-state index is -0.965. The number of hydrogen-bond acceptors (Lipinski definition) is 3. The highest BCUT2D eigenvalue weighted by Gasteiger charge is 2.20. The van der Waals surface area contributed by atoms with Gasteiger partial charge >= 0.3 is 0 Å². The Morgan fingerprint density at radius 3 is 2.38 bits per heavy atom. The van der Waals surface area contributed by atoms with Gasteiger partial charge < -0.3 is 5.11 Å². The van der Waals surface area contributed by atoms with Gasteiger partial charge in [0.1, 0.15) is 11.3 Å². The van der Waals surface area contributed by atoms with E-state index in [2.05, 4.69) is 26.2 Å². The van der Waals surface area contributed by atoms with Crippen LogP contribution in [-0.2, 0) is 5.60 Å². The van der Waals surface area contributed by atoms with E-state index in [-0.39, 0.29) is 0 Å². The van der Waals surface area contributed by atoms with Gasteiger partial charge in [-0.3, -0.25) is 0 Å². The zero-order chi connectivity index (χ0) is 11.8. The Labute approximate surface area is 102 Å². The summed E-state index contributed by atoms with van der Waals surface area (Å²) >= 11 is 3.37. The predicted molar refractivity (Wildman–Crippen MR) is 64.3 cm³/mol. The van der Waals surface area contributed by atoms with Crippen molar-refractivity contribution in [2.24, 2.45) is 0 Å². The molecule has 0 amide bonds. The fraction of sp³-hybridized carbons (Fsp3) is 0.273. The monoisotopic (exact) mass is 281 g/mol. The molecule has 0 unspecified atom stereocenters. The molecule has 0 spiro atoms. The van der Waals surface area contributed by atoms with Crippen LogP contribution in [0.2, 0.25) is 0 Å². The molecule has 4 nitrogen and oxygen atoms in total. The van der Waals surface area contributed by atoms with E-state index in [9.17, 15) is 5.11 Å². The average molecular weight is 282 g/mol. The van der Waals surface area contributed by atoms with E-state index in [1.807, 2.05) is 24.3 Å². The molecule has 84 valence electrons. The van der Waals surface area contributed by atoms with Crippen LogP contribution in [0.1, 0.15) is 19.5 Å². The van der Waals surface area contributed by atoms with Crippen LogP contribution in [0.5, 0.6) is 0 Å². The highest BCUT2D eigenvalue weighted by Crippen LogP contribution is 2.18. The first-order chi connectivity index (χ1) is 7.47. The molecule has 0 aliphatic rings. The molecule has 0 aliphatic carbocycles. The van der Waals surface area contributed by atoms with Crippen LogP contribution in [-0.4, -0.2) is 20.1 Å². The van der Waals surface area contributed by atoms with Crippen LogP contribution in [0.4, 0.5) is 0 Å². The van der Waals surface area contributed by atoms with Gasteiger partial charge in [-0.25, -0.2) is 4.68 Å². The summed E-state index contributed by atoms with van der Waals surface area (Å²) in [5.41, 5.74) is 0.495. The largest absolute Gasteiger partial charge is 0.384 e. The van der Waals surface area contributed by atoms with E-state index >= 15 is 0 Å². The van der Waals surface area contributed by atoms with E-state index < -0.39 is 5.60 Å². The molecule has 0 radical (unpaired) electrons. The number of rotatable bonds is 2. The first-order valence-electron chi connectivity index (χ1n) is 4.88. The SMILES string of the molecule is CC(C)(O)c1cn(-c2ccc(Br)cc2)nn1. The fourth-order valence-electron chi connectivity index (χ4n) is 1.26. The Morgan fingerprint density at radius 2 is 1.88 bits per heavy atom. The summed E-state index contributed by atoms with van der Waals surface area (Å²) < 4.78 is 2.65. The average Bonchev–Trinajstić information content (AvgIpc) is 2.67. The van der Waals surface area contributed by atoms with E-state index in [1.54, 1.807) is 24.7 Å². The lowest BCUT2D eigenvalue weighted by atomic mass is 10.1. The van der Waals surface area contributed by atoms with Crippen molar-refractivity contribution in [1.82, 2.24) is 15.0 Å². The van der Waals surface area contributed by atoms with Gasteiger partial charge in [0.2, 0.25) is 0 Å². The lowest BCUT2D eigenvalue weighted by Gasteiger charge is -2.11. The van der Waals surface area contributed by atoms with Gasteiger partial charge in [0.25, 0.3) is 0 Å². The molecule has 0 atom stereocenters. The van der Waals surface area contributed by atoms with Gasteiger partial charge in [0.15, 0.2) is 0 Å². The highest BCUT2D eigenvalue weighted by molar-refractivity contribution is 9.10. The summed E-state index contributed by atoms with van der Waals surface area (Å²) in [5, 5.41) is 17.7. The molecular formula is C11H12BrN3O. The molecular weight excluding hydrogens is 270 g/mol. The summed E-state index contributed by atoms with van der Waals surface area (Å²) in [6.07, 6.45) is 1.73. The molecule has 1 aromatic carbocycles. The second-order valence-corrected chi connectivity index (χ2v) is 5.00. The minimum absolute atomic E-state index is 0.551. The van der Waals surface area contributed by atoms with Crippen molar-refractivity contribution < 1.29 is 5.11 Å². The number of hydrogen-bond donors (Lipinski definition) is 1.